The number of aryl methyl sites for hydroxylation is 1. The molecule has 0 spiro atoms. The Morgan fingerprint density at radius 1 is 1.53 bits per heavy atom. The number of hydrogen-bond acceptors (Lipinski definition) is 4. The van der Waals surface area contributed by atoms with E-state index in [2.05, 4.69) is 10.4 Å². The van der Waals surface area contributed by atoms with Crippen molar-refractivity contribution in [2.24, 2.45) is 0 Å². The summed E-state index contributed by atoms with van der Waals surface area (Å²) in [5, 5.41) is 7.26. The van der Waals surface area contributed by atoms with Crippen molar-refractivity contribution in [1.82, 2.24) is 15.1 Å². The zero-order valence-electron chi connectivity index (χ0n) is 9.10. The Kier molecular flexibility index (Phi) is 4.28. The largest absolute Gasteiger partial charge is 0.311 e. The quantitative estimate of drug-likeness (QED) is 0.750. The molecule has 0 fully saturated rings. The van der Waals surface area contributed by atoms with Gasteiger partial charge in [-0.05, 0) is 12.6 Å². The standard InChI is InChI=1S/C9H17N3O2S/c1-3-10-8-9-4-5-11-12(9)6-7-15(2,13)14/h4-5,10H,3,6-8H2,1-2H3. The molecule has 0 atom stereocenters. The van der Waals surface area contributed by atoms with Crippen LogP contribution in [0.25, 0.3) is 0 Å². The van der Waals surface area contributed by atoms with E-state index in [9.17, 15) is 8.42 Å². The van der Waals surface area contributed by atoms with Crippen molar-refractivity contribution in [3.05, 3.63) is 18.0 Å². The lowest BCUT2D eigenvalue weighted by Crippen LogP contribution is -2.19. The van der Waals surface area contributed by atoms with Crippen LogP contribution in [0.15, 0.2) is 12.3 Å². The molecule has 5 nitrogen and oxygen atoms in total. The molecule has 1 N–H and O–H groups in total. The van der Waals surface area contributed by atoms with Crippen LogP contribution in [0.2, 0.25) is 0 Å². The molecule has 0 saturated carbocycles. The maximum absolute atomic E-state index is 11.0. The highest BCUT2D eigenvalue weighted by Crippen LogP contribution is 1.99. The second-order valence-corrected chi connectivity index (χ2v) is 5.72. The lowest BCUT2D eigenvalue weighted by molar-refractivity contribution is 0.567. The summed E-state index contributed by atoms with van der Waals surface area (Å²) < 4.78 is 23.7. The molecule has 0 saturated heterocycles. The molecule has 15 heavy (non-hydrogen) atoms. The van der Waals surface area contributed by atoms with Gasteiger partial charge in [-0.1, -0.05) is 6.92 Å². The second-order valence-electron chi connectivity index (χ2n) is 3.46. The van der Waals surface area contributed by atoms with Crippen LogP contribution in [0.3, 0.4) is 0 Å². The van der Waals surface area contributed by atoms with E-state index in [4.69, 9.17) is 0 Å². The van der Waals surface area contributed by atoms with E-state index >= 15 is 0 Å². The smallest absolute Gasteiger partial charge is 0.149 e. The summed E-state index contributed by atoms with van der Waals surface area (Å²) in [6.07, 6.45) is 2.93. The average molecular weight is 231 g/mol. The molecule has 0 unspecified atom stereocenters. The van der Waals surface area contributed by atoms with Crippen LogP contribution < -0.4 is 5.32 Å². The predicted molar refractivity (Wildman–Crippen MR) is 59.3 cm³/mol. The van der Waals surface area contributed by atoms with E-state index in [-0.39, 0.29) is 5.75 Å². The van der Waals surface area contributed by atoms with Crippen LogP contribution in [-0.4, -0.2) is 36.8 Å². The molecule has 0 aliphatic carbocycles. The molecule has 0 aliphatic heterocycles. The van der Waals surface area contributed by atoms with Gasteiger partial charge in [-0.2, -0.15) is 5.10 Å². The minimum atomic E-state index is -2.92. The van der Waals surface area contributed by atoms with Gasteiger partial charge in [-0.15, -0.1) is 0 Å². The van der Waals surface area contributed by atoms with E-state index in [1.165, 1.54) is 6.26 Å². The van der Waals surface area contributed by atoms with Crippen LogP contribution in [0, 0.1) is 0 Å². The summed E-state index contributed by atoms with van der Waals surface area (Å²) in [4.78, 5) is 0. The zero-order chi connectivity index (χ0) is 11.3. The molecule has 0 bridgehead atoms. The first-order valence-corrected chi connectivity index (χ1v) is 6.98. The van der Waals surface area contributed by atoms with E-state index in [0.29, 0.717) is 6.54 Å². The summed E-state index contributed by atoms with van der Waals surface area (Å²) in [6, 6.07) is 1.89. The molecule has 0 aliphatic rings. The van der Waals surface area contributed by atoms with Gasteiger partial charge in [-0.25, -0.2) is 8.42 Å². The van der Waals surface area contributed by atoms with Crippen molar-refractivity contribution in [3.63, 3.8) is 0 Å². The zero-order valence-corrected chi connectivity index (χ0v) is 9.92. The van der Waals surface area contributed by atoms with Gasteiger partial charge >= 0.3 is 0 Å². The summed E-state index contributed by atoms with van der Waals surface area (Å²) >= 11 is 0. The lowest BCUT2D eigenvalue weighted by Gasteiger charge is -2.06. The molecule has 1 rings (SSSR count). The van der Waals surface area contributed by atoms with E-state index < -0.39 is 9.84 Å². The highest BCUT2D eigenvalue weighted by Gasteiger charge is 2.06. The van der Waals surface area contributed by atoms with Gasteiger partial charge in [0.25, 0.3) is 0 Å². The van der Waals surface area contributed by atoms with Crippen LogP contribution >= 0.6 is 0 Å². The molecule has 6 heteroatoms. The number of rotatable bonds is 6. The average Bonchev–Trinajstić information content (AvgIpc) is 2.57. The van der Waals surface area contributed by atoms with Crippen LogP contribution in [-0.2, 0) is 22.9 Å². The highest BCUT2D eigenvalue weighted by atomic mass is 32.2. The molecule has 1 heterocycles. The third-order valence-electron chi connectivity index (χ3n) is 2.03. The Balaban J connectivity index is 2.57. The van der Waals surface area contributed by atoms with Gasteiger partial charge < -0.3 is 5.32 Å². The van der Waals surface area contributed by atoms with Gasteiger partial charge in [0.2, 0.25) is 0 Å². The predicted octanol–water partition coefficient (Wildman–Crippen LogP) is 0.0372. The fourth-order valence-electron chi connectivity index (χ4n) is 1.22. The molecule has 86 valence electrons. The Bertz CT molecular complexity index is 397. The molecular weight excluding hydrogens is 214 g/mol. The fourth-order valence-corrected chi connectivity index (χ4v) is 1.72. The van der Waals surface area contributed by atoms with E-state index in [1.807, 2.05) is 13.0 Å². The van der Waals surface area contributed by atoms with Crippen LogP contribution in [0.5, 0.6) is 0 Å². The Morgan fingerprint density at radius 2 is 2.27 bits per heavy atom. The fraction of sp³-hybridized carbons (Fsp3) is 0.667. The number of aromatic nitrogens is 2. The highest BCUT2D eigenvalue weighted by molar-refractivity contribution is 7.90. The monoisotopic (exact) mass is 231 g/mol. The summed E-state index contributed by atoms with van der Waals surface area (Å²) in [5.74, 6) is 0.133. The van der Waals surface area contributed by atoms with Crippen molar-refractivity contribution in [2.75, 3.05) is 18.6 Å². The number of hydrogen-bond donors (Lipinski definition) is 1. The van der Waals surface area contributed by atoms with Crippen molar-refractivity contribution in [3.8, 4) is 0 Å². The van der Waals surface area contributed by atoms with E-state index in [0.717, 1.165) is 18.8 Å². The minimum Gasteiger partial charge on any atom is -0.311 e. The van der Waals surface area contributed by atoms with Crippen molar-refractivity contribution in [1.29, 1.82) is 0 Å². The molecule has 0 amide bonds. The first kappa shape index (κ1) is 12.2. The summed E-state index contributed by atoms with van der Waals surface area (Å²) in [5.41, 5.74) is 1.01. The SMILES string of the molecule is CCNCc1ccnn1CCS(C)(=O)=O. The summed E-state index contributed by atoms with van der Waals surface area (Å²) in [7, 11) is -2.92. The summed E-state index contributed by atoms with van der Waals surface area (Å²) in [6.45, 7) is 4.06. The number of sulfone groups is 1. The van der Waals surface area contributed by atoms with Gasteiger partial charge in [0.05, 0.1) is 18.0 Å². The van der Waals surface area contributed by atoms with E-state index in [1.54, 1.807) is 10.9 Å². The number of nitrogens with zero attached hydrogens (tertiary/aromatic N) is 2. The van der Waals surface area contributed by atoms with Gasteiger partial charge in [-0.3, -0.25) is 4.68 Å². The second kappa shape index (κ2) is 5.27. The maximum atomic E-state index is 11.0. The Hall–Kier alpha value is -0.880. The van der Waals surface area contributed by atoms with Crippen molar-refractivity contribution >= 4 is 9.84 Å². The lowest BCUT2D eigenvalue weighted by atomic mass is 10.4. The van der Waals surface area contributed by atoms with Crippen molar-refractivity contribution in [2.45, 2.75) is 20.0 Å². The molecule has 1 aromatic heterocycles. The van der Waals surface area contributed by atoms with Crippen LogP contribution in [0.4, 0.5) is 0 Å². The molecule has 1 aromatic rings. The Morgan fingerprint density at radius 3 is 2.87 bits per heavy atom. The molecular formula is C9H17N3O2S. The molecule has 0 aromatic carbocycles. The first-order chi connectivity index (χ1) is 7.03. The molecule has 0 radical (unpaired) electrons. The Labute approximate surface area is 90.4 Å². The topological polar surface area (TPSA) is 64.0 Å². The van der Waals surface area contributed by atoms with Gasteiger partial charge in [0.15, 0.2) is 0 Å². The van der Waals surface area contributed by atoms with Gasteiger partial charge in [0, 0.05) is 19.0 Å². The van der Waals surface area contributed by atoms with Crippen molar-refractivity contribution < 1.29 is 8.42 Å². The third-order valence-corrected chi connectivity index (χ3v) is 2.96. The maximum Gasteiger partial charge on any atom is 0.149 e. The first-order valence-electron chi connectivity index (χ1n) is 4.92. The normalized spacial score (nSPS) is 11.9. The van der Waals surface area contributed by atoms with Crippen LogP contribution in [0.1, 0.15) is 12.6 Å². The number of nitrogens with one attached hydrogen (secondary N) is 1. The third kappa shape index (κ3) is 4.44. The minimum absolute atomic E-state index is 0.133. The van der Waals surface area contributed by atoms with Gasteiger partial charge in [0.1, 0.15) is 9.84 Å².